The molecule has 0 saturated carbocycles. The Kier molecular flexibility index (Phi) is 7.64. The van der Waals surface area contributed by atoms with Gasteiger partial charge in [0.2, 0.25) is 0 Å². The Labute approximate surface area is 167 Å². The minimum atomic E-state index is -0.227. The van der Waals surface area contributed by atoms with Gasteiger partial charge in [-0.05, 0) is 90.1 Å². The van der Waals surface area contributed by atoms with Gasteiger partial charge >= 0.3 is 0 Å². The maximum atomic E-state index is 12.2. The van der Waals surface area contributed by atoms with Gasteiger partial charge in [-0.2, -0.15) is 0 Å². The molecule has 2 aromatic rings. The van der Waals surface area contributed by atoms with Crippen molar-refractivity contribution in [3.63, 3.8) is 0 Å². The van der Waals surface area contributed by atoms with Crippen LogP contribution in [0.2, 0.25) is 0 Å². The lowest BCUT2D eigenvalue weighted by Crippen LogP contribution is -2.34. The summed E-state index contributed by atoms with van der Waals surface area (Å²) in [4.78, 5) is 12.2. The summed E-state index contributed by atoms with van der Waals surface area (Å²) < 4.78 is 6.66. The summed E-state index contributed by atoms with van der Waals surface area (Å²) in [5.74, 6) is 0.595. The number of hydrogen-bond acceptors (Lipinski definition) is 3. The summed E-state index contributed by atoms with van der Waals surface area (Å²) in [6.07, 6.45) is 2.14. The van der Waals surface area contributed by atoms with Gasteiger partial charge in [-0.3, -0.25) is 10.1 Å². The van der Waals surface area contributed by atoms with Gasteiger partial charge < -0.3 is 10.1 Å². The average Bonchev–Trinajstić information content (AvgIpc) is 2.59. The molecule has 0 atom stereocenters. The van der Waals surface area contributed by atoms with Crippen LogP contribution in [0, 0.1) is 10.5 Å². The zero-order chi connectivity index (χ0) is 18.2. The fourth-order valence-electron chi connectivity index (χ4n) is 2.04. The summed E-state index contributed by atoms with van der Waals surface area (Å²) in [6, 6.07) is 13.1. The van der Waals surface area contributed by atoms with Crippen molar-refractivity contribution in [1.82, 2.24) is 5.32 Å². The minimum absolute atomic E-state index is 0.227. The van der Waals surface area contributed by atoms with Gasteiger partial charge in [0.25, 0.3) is 5.91 Å². The summed E-state index contributed by atoms with van der Waals surface area (Å²) in [7, 11) is 0. The highest BCUT2D eigenvalue weighted by Gasteiger charge is 2.09. The second kappa shape index (κ2) is 9.72. The lowest BCUT2D eigenvalue weighted by Gasteiger charge is -2.11. The molecule has 25 heavy (non-hydrogen) atoms. The summed E-state index contributed by atoms with van der Waals surface area (Å²) >= 11 is 7.42. The Morgan fingerprint density at radius 1 is 1.20 bits per heavy atom. The number of nitrogens with one attached hydrogen (secondary N) is 2. The van der Waals surface area contributed by atoms with Gasteiger partial charge in [0.1, 0.15) is 5.75 Å². The highest BCUT2D eigenvalue weighted by Crippen LogP contribution is 2.16. The second-order valence-electron chi connectivity index (χ2n) is 5.60. The fourth-order valence-corrected chi connectivity index (χ4v) is 2.77. The molecule has 0 fully saturated rings. The monoisotopic (exact) mass is 468 g/mol. The zero-order valence-electron chi connectivity index (χ0n) is 14.3. The third-order valence-electron chi connectivity index (χ3n) is 3.54. The number of halogens is 1. The molecular weight excluding hydrogens is 447 g/mol. The second-order valence-corrected chi connectivity index (χ2v) is 7.17. The zero-order valence-corrected chi connectivity index (χ0v) is 17.2. The van der Waals surface area contributed by atoms with E-state index in [1.54, 1.807) is 6.07 Å². The fraction of sp³-hybridized carbons (Fsp3) is 0.263. The number of rotatable bonds is 6. The molecule has 0 aliphatic carbocycles. The maximum absolute atomic E-state index is 12.2. The highest BCUT2D eigenvalue weighted by molar-refractivity contribution is 14.1. The van der Waals surface area contributed by atoms with Crippen LogP contribution in [0.15, 0.2) is 42.5 Å². The van der Waals surface area contributed by atoms with Crippen LogP contribution in [0.25, 0.3) is 0 Å². The van der Waals surface area contributed by atoms with Crippen molar-refractivity contribution in [1.29, 1.82) is 0 Å². The van der Waals surface area contributed by atoms with Crippen LogP contribution in [0.1, 0.15) is 35.7 Å². The van der Waals surface area contributed by atoms with Crippen molar-refractivity contribution in [2.75, 3.05) is 11.9 Å². The first-order valence-corrected chi connectivity index (χ1v) is 9.59. The van der Waals surface area contributed by atoms with E-state index >= 15 is 0 Å². The first-order chi connectivity index (χ1) is 12.0. The lowest BCUT2D eigenvalue weighted by atomic mass is 10.1. The standard InChI is InChI=1S/C19H21IN2O2S/c1-3-4-11-24-16-9-7-15(8-10-16)21-19(25)22-18(23)14-6-5-13(2)17(20)12-14/h5-10,12H,3-4,11H2,1-2H3,(H2,21,22,23,25). The number of hydrogen-bond donors (Lipinski definition) is 2. The third-order valence-corrected chi connectivity index (χ3v) is 4.91. The van der Waals surface area contributed by atoms with Crippen molar-refractivity contribution in [3.05, 3.63) is 57.2 Å². The number of unbranched alkanes of at least 4 members (excludes halogenated alkanes) is 1. The summed E-state index contributed by atoms with van der Waals surface area (Å²) in [6.45, 7) is 4.85. The molecular formula is C19H21IN2O2S. The number of carbonyl (C=O) groups excluding carboxylic acids is 1. The first-order valence-electron chi connectivity index (χ1n) is 8.11. The molecule has 6 heteroatoms. The highest BCUT2D eigenvalue weighted by atomic mass is 127. The Morgan fingerprint density at radius 3 is 2.56 bits per heavy atom. The number of amides is 1. The minimum Gasteiger partial charge on any atom is -0.494 e. The predicted molar refractivity (Wildman–Crippen MR) is 114 cm³/mol. The summed E-state index contributed by atoms with van der Waals surface area (Å²) in [5, 5.41) is 5.96. The van der Waals surface area contributed by atoms with Crippen LogP contribution in [0.5, 0.6) is 5.75 Å². The average molecular weight is 468 g/mol. The van der Waals surface area contributed by atoms with E-state index in [0.717, 1.165) is 33.4 Å². The molecule has 2 N–H and O–H groups in total. The van der Waals surface area contributed by atoms with E-state index in [2.05, 4.69) is 40.1 Å². The molecule has 1 amide bonds. The molecule has 0 saturated heterocycles. The van der Waals surface area contributed by atoms with Crippen LogP contribution in [0.3, 0.4) is 0 Å². The normalized spacial score (nSPS) is 10.2. The number of aryl methyl sites for hydroxylation is 1. The molecule has 2 rings (SSSR count). The number of anilines is 1. The van der Waals surface area contributed by atoms with Gasteiger partial charge in [0.15, 0.2) is 5.11 Å². The maximum Gasteiger partial charge on any atom is 0.257 e. The Hall–Kier alpha value is -1.67. The van der Waals surface area contributed by atoms with Gasteiger partial charge in [0.05, 0.1) is 6.61 Å². The Morgan fingerprint density at radius 2 is 1.92 bits per heavy atom. The number of ether oxygens (including phenoxy) is 1. The molecule has 0 heterocycles. The van der Waals surface area contributed by atoms with Crippen LogP contribution in [0.4, 0.5) is 5.69 Å². The van der Waals surface area contributed by atoms with Gasteiger partial charge in [-0.1, -0.05) is 19.4 Å². The number of thiocarbonyl (C=S) groups is 1. The number of benzene rings is 2. The molecule has 132 valence electrons. The van der Waals surface area contributed by atoms with Crippen molar-refractivity contribution in [3.8, 4) is 5.75 Å². The largest absolute Gasteiger partial charge is 0.494 e. The summed E-state index contributed by atoms with van der Waals surface area (Å²) in [5.41, 5.74) is 2.52. The Bertz CT molecular complexity index is 748. The number of carbonyl (C=O) groups is 1. The predicted octanol–water partition coefficient (Wildman–Crippen LogP) is 4.91. The van der Waals surface area contributed by atoms with Gasteiger partial charge in [-0.25, -0.2) is 0 Å². The van der Waals surface area contributed by atoms with E-state index in [0.29, 0.717) is 12.2 Å². The van der Waals surface area contributed by atoms with Gasteiger partial charge in [0, 0.05) is 14.8 Å². The first kappa shape index (κ1) is 19.7. The van der Waals surface area contributed by atoms with Crippen LogP contribution >= 0.6 is 34.8 Å². The van der Waals surface area contributed by atoms with Crippen LogP contribution < -0.4 is 15.4 Å². The quantitative estimate of drug-likeness (QED) is 0.360. The van der Waals surface area contributed by atoms with E-state index in [1.165, 1.54) is 0 Å². The van der Waals surface area contributed by atoms with Crippen molar-refractivity contribution < 1.29 is 9.53 Å². The third kappa shape index (κ3) is 6.28. The smallest absolute Gasteiger partial charge is 0.257 e. The van der Waals surface area contributed by atoms with Crippen molar-refractivity contribution >= 4 is 51.5 Å². The van der Waals surface area contributed by atoms with E-state index in [-0.39, 0.29) is 11.0 Å². The van der Waals surface area contributed by atoms with Gasteiger partial charge in [-0.15, -0.1) is 0 Å². The van der Waals surface area contributed by atoms with E-state index in [4.69, 9.17) is 17.0 Å². The molecule has 0 aromatic heterocycles. The SMILES string of the molecule is CCCCOc1ccc(NC(=S)NC(=O)c2ccc(C)c(I)c2)cc1. The molecule has 0 unspecified atom stereocenters. The molecule has 0 aliphatic rings. The molecule has 4 nitrogen and oxygen atoms in total. The van der Waals surface area contributed by atoms with E-state index in [1.807, 2.05) is 43.3 Å². The van der Waals surface area contributed by atoms with E-state index < -0.39 is 0 Å². The van der Waals surface area contributed by atoms with Crippen LogP contribution in [-0.2, 0) is 0 Å². The lowest BCUT2D eigenvalue weighted by molar-refractivity contribution is 0.0977. The molecule has 2 aromatic carbocycles. The molecule has 0 spiro atoms. The van der Waals surface area contributed by atoms with Crippen molar-refractivity contribution in [2.24, 2.45) is 0 Å². The topological polar surface area (TPSA) is 50.4 Å². The molecule has 0 radical (unpaired) electrons. The van der Waals surface area contributed by atoms with Crippen LogP contribution in [-0.4, -0.2) is 17.6 Å². The molecule has 0 bridgehead atoms. The molecule has 0 aliphatic heterocycles. The Balaban J connectivity index is 1.88. The van der Waals surface area contributed by atoms with E-state index in [9.17, 15) is 4.79 Å². The van der Waals surface area contributed by atoms with Crippen molar-refractivity contribution in [2.45, 2.75) is 26.7 Å².